The topological polar surface area (TPSA) is 56.5 Å². The second kappa shape index (κ2) is 10.8. The van der Waals surface area contributed by atoms with Gasteiger partial charge in [-0.15, -0.1) is 0 Å². The fourth-order valence-corrected chi connectivity index (χ4v) is 3.03. The standard InChI is InChI=1S/C21H25ClN2O2/c1-2-24(13-14-25)12-6-9-20(17-7-4-3-5-8-17)26-21-15-19(22)11-10-18(21)16-23/h3-5,7-8,10-11,15,20,25H,2,6,9,12-14H2,1H3/t20-/m1/s1. The molecule has 0 saturated carbocycles. The van der Waals surface area contributed by atoms with Crippen molar-refractivity contribution in [3.63, 3.8) is 0 Å². The SMILES string of the molecule is CCN(CCO)CCC[C@@H](Oc1cc(Cl)ccc1C#N)c1ccccc1. The Morgan fingerprint density at radius 1 is 1.19 bits per heavy atom. The van der Waals surface area contributed by atoms with E-state index in [0.717, 1.165) is 31.5 Å². The summed E-state index contributed by atoms with van der Waals surface area (Å²) in [6.45, 7) is 4.74. The molecule has 26 heavy (non-hydrogen) atoms. The molecular formula is C21H25ClN2O2. The molecule has 0 fully saturated rings. The number of likely N-dealkylation sites (N-methyl/N-ethyl adjacent to an activating group) is 1. The zero-order valence-corrected chi connectivity index (χ0v) is 15.8. The van der Waals surface area contributed by atoms with E-state index in [-0.39, 0.29) is 12.7 Å². The first-order valence-electron chi connectivity index (χ1n) is 8.92. The Bertz CT molecular complexity index is 716. The molecule has 0 aliphatic heterocycles. The highest BCUT2D eigenvalue weighted by molar-refractivity contribution is 6.30. The highest BCUT2D eigenvalue weighted by Gasteiger charge is 2.16. The molecule has 0 amide bonds. The van der Waals surface area contributed by atoms with E-state index in [1.165, 1.54) is 0 Å². The Labute approximate surface area is 160 Å². The van der Waals surface area contributed by atoms with Gasteiger partial charge in [-0.3, -0.25) is 0 Å². The number of nitriles is 1. The minimum atomic E-state index is -0.158. The van der Waals surface area contributed by atoms with Crippen molar-refractivity contribution >= 4 is 11.6 Å². The summed E-state index contributed by atoms with van der Waals surface area (Å²) in [6, 6.07) is 17.2. The number of aliphatic hydroxyl groups excluding tert-OH is 1. The van der Waals surface area contributed by atoms with Crippen LogP contribution in [-0.4, -0.2) is 36.2 Å². The minimum Gasteiger partial charge on any atom is -0.484 e. The summed E-state index contributed by atoms with van der Waals surface area (Å²) >= 11 is 6.08. The summed E-state index contributed by atoms with van der Waals surface area (Å²) in [4.78, 5) is 2.21. The average Bonchev–Trinajstić information content (AvgIpc) is 2.67. The molecule has 1 N–H and O–H groups in total. The summed E-state index contributed by atoms with van der Waals surface area (Å²) in [5.41, 5.74) is 1.55. The van der Waals surface area contributed by atoms with Crippen LogP contribution in [-0.2, 0) is 0 Å². The lowest BCUT2D eigenvalue weighted by molar-refractivity contribution is 0.168. The molecule has 0 spiro atoms. The second-order valence-corrected chi connectivity index (χ2v) is 6.51. The molecule has 2 aromatic rings. The van der Waals surface area contributed by atoms with E-state index in [2.05, 4.69) is 17.9 Å². The van der Waals surface area contributed by atoms with Crippen molar-refractivity contribution in [3.8, 4) is 11.8 Å². The van der Waals surface area contributed by atoms with E-state index in [1.54, 1.807) is 18.2 Å². The number of nitrogens with zero attached hydrogens (tertiary/aromatic N) is 2. The van der Waals surface area contributed by atoms with Crippen molar-refractivity contribution in [1.29, 1.82) is 5.26 Å². The Balaban J connectivity index is 2.13. The van der Waals surface area contributed by atoms with Gasteiger partial charge in [0.15, 0.2) is 0 Å². The van der Waals surface area contributed by atoms with Crippen molar-refractivity contribution in [2.45, 2.75) is 25.9 Å². The van der Waals surface area contributed by atoms with Crippen LogP contribution < -0.4 is 4.74 Å². The molecule has 0 aliphatic rings. The van der Waals surface area contributed by atoms with Gasteiger partial charge in [-0.25, -0.2) is 0 Å². The van der Waals surface area contributed by atoms with Crippen molar-refractivity contribution < 1.29 is 9.84 Å². The van der Waals surface area contributed by atoms with E-state index < -0.39 is 0 Å². The molecule has 0 radical (unpaired) electrons. The number of hydrogen-bond donors (Lipinski definition) is 1. The van der Waals surface area contributed by atoms with E-state index in [9.17, 15) is 5.26 Å². The van der Waals surface area contributed by atoms with Crippen LogP contribution in [0, 0.1) is 11.3 Å². The first-order chi connectivity index (χ1) is 12.7. The molecule has 138 valence electrons. The third kappa shape index (κ3) is 6.03. The maximum Gasteiger partial charge on any atom is 0.139 e. The summed E-state index contributed by atoms with van der Waals surface area (Å²) < 4.78 is 6.20. The molecule has 0 bridgehead atoms. The summed E-state index contributed by atoms with van der Waals surface area (Å²) in [5, 5.41) is 19.0. The summed E-state index contributed by atoms with van der Waals surface area (Å²) in [6.07, 6.45) is 1.58. The predicted octanol–water partition coefficient (Wildman–Crippen LogP) is 4.43. The molecule has 0 saturated heterocycles. The summed E-state index contributed by atoms with van der Waals surface area (Å²) in [5.74, 6) is 0.511. The van der Waals surface area contributed by atoms with Gasteiger partial charge in [0.1, 0.15) is 17.9 Å². The Hall–Kier alpha value is -2.06. The van der Waals surface area contributed by atoms with Crippen LogP contribution in [0.2, 0.25) is 5.02 Å². The Morgan fingerprint density at radius 3 is 2.62 bits per heavy atom. The first-order valence-corrected chi connectivity index (χ1v) is 9.30. The van der Waals surface area contributed by atoms with Gasteiger partial charge in [-0.1, -0.05) is 48.9 Å². The molecule has 0 unspecified atom stereocenters. The predicted molar refractivity (Wildman–Crippen MR) is 104 cm³/mol. The van der Waals surface area contributed by atoms with Crippen LogP contribution in [0.15, 0.2) is 48.5 Å². The molecule has 4 nitrogen and oxygen atoms in total. The van der Waals surface area contributed by atoms with E-state index in [1.807, 2.05) is 30.3 Å². The molecule has 0 aromatic heterocycles. The lowest BCUT2D eigenvalue weighted by Crippen LogP contribution is -2.28. The van der Waals surface area contributed by atoms with Crippen LogP contribution >= 0.6 is 11.6 Å². The van der Waals surface area contributed by atoms with E-state index in [0.29, 0.717) is 22.9 Å². The van der Waals surface area contributed by atoms with Crippen molar-refractivity contribution in [1.82, 2.24) is 4.90 Å². The molecule has 2 aromatic carbocycles. The first kappa shape index (κ1) is 20.3. The van der Waals surface area contributed by atoms with Crippen LogP contribution in [0.3, 0.4) is 0 Å². The Morgan fingerprint density at radius 2 is 1.96 bits per heavy atom. The molecule has 1 atom stereocenters. The number of ether oxygens (including phenoxy) is 1. The number of halogens is 1. The zero-order valence-electron chi connectivity index (χ0n) is 15.1. The van der Waals surface area contributed by atoms with Crippen molar-refractivity contribution in [2.75, 3.05) is 26.2 Å². The second-order valence-electron chi connectivity index (χ2n) is 6.07. The van der Waals surface area contributed by atoms with Crippen LogP contribution in [0.1, 0.15) is 37.0 Å². The summed E-state index contributed by atoms with van der Waals surface area (Å²) in [7, 11) is 0. The van der Waals surface area contributed by atoms with Crippen molar-refractivity contribution in [3.05, 3.63) is 64.7 Å². The minimum absolute atomic E-state index is 0.158. The van der Waals surface area contributed by atoms with Gasteiger partial charge < -0.3 is 14.7 Å². The van der Waals surface area contributed by atoms with Crippen LogP contribution in [0.4, 0.5) is 0 Å². The highest BCUT2D eigenvalue weighted by atomic mass is 35.5. The number of aliphatic hydroxyl groups is 1. The maximum absolute atomic E-state index is 9.33. The third-order valence-electron chi connectivity index (χ3n) is 4.31. The third-order valence-corrected chi connectivity index (χ3v) is 4.54. The normalized spacial score (nSPS) is 12.0. The fourth-order valence-electron chi connectivity index (χ4n) is 2.87. The van der Waals surface area contributed by atoms with Gasteiger partial charge >= 0.3 is 0 Å². The smallest absolute Gasteiger partial charge is 0.139 e. The van der Waals surface area contributed by atoms with Crippen molar-refractivity contribution in [2.24, 2.45) is 0 Å². The highest BCUT2D eigenvalue weighted by Crippen LogP contribution is 2.30. The van der Waals surface area contributed by atoms with Gasteiger partial charge in [0, 0.05) is 17.6 Å². The van der Waals surface area contributed by atoms with E-state index >= 15 is 0 Å². The van der Waals surface area contributed by atoms with Crippen LogP contribution in [0.5, 0.6) is 5.75 Å². The molecular weight excluding hydrogens is 348 g/mol. The quantitative estimate of drug-likeness (QED) is 0.670. The van der Waals surface area contributed by atoms with Gasteiger partial charge in [-0.05, 0) is 43.6 Å². The van der Waals surface area contributed by atoms with Gasteiger partial charge in [0.2, 0.25) is 0 Å². The Kier molecular flexibility index (Phi) is 8.43. The number of hydrogen-bond acceptors (Lipinski definition) is 4. The number of rotatable bonds is 10. The maximum atomic E-state index is 9.33. The van der Waals surface area contributed by atoms with Gasteiger partial charge in [0.25, 0.3) is 0 Å². The molecule has 5 heteroatoms. The largest absolute Gasteiger partial charge is 0.484 e. The monoisotopic (exact) mass is 372 g/mol. The molecule has 0 heterocycles. The zero-order chi connectivity index (χ0) is 18.8. The lowest BCUT2D eigenvalue weighted by atomic mass is 10.0. The molecule has 2 rings (SSSR count). The fraction of sp³-hybridized carbons (Fsp3) is 0.381. The van der Waals surface area contributed by atoms with Crippen LogP contribution in [0.25, 0.3) is 0 Å². The molecule has 0 aliphatic carbocycles. The number of benzene rings is 2. The van der Waals surface area contributed by atoms with E-state index in [4.69, 9.17) is 21.4 Å². The van der Waals surface area contributed by atoms with Gasteiger partial charge in [-0.2, -0.15) is 5.26 Å². The average molecular weight is 373 g/mol. The van der Waals surface area contributed by atoms with Gasteiger partial charge in [0.05, 0.1) is 12.2 Å². The lowest BCUT2D eigenvalue weighted by Gasteiger charge is -2.23.